The molecule has 0 atom stereocenters. The molecule has 1 N–H and O–H groups in total. The molecule has 0 amide bonds. The summed E-state index contributed by atoms with van der Waals surface area (Å²) in [5.41, 5.74) is 2.55. The Bertz CT molecular complexity index is 579. The van der Waals surface area contributed by atoms with Crippen molar-refractivity contribution < 1.29 is 9.84 Å². The minimum Gasteiger partial charge on any atom is -0.394 e. The molecule has 0 unspecified atom stereocenters. The van der Waals surface area contributed by atoms with E-state index in [1.54, 1.807) is 0 Å². The smallest absolute Gasteiger partial charge is 0.125 e. The molecule has 0 bridgehead atoms. The van der Waals surface area contributed by atoms with Crippen molar-refractivity contribution in [2.24, 2.45) is 0 Å². The Morgan fingerprint density at radius 1 is 0.792 bits per heavy atom. The van der Waals surface area contributed by atoms with Gasteiger partial charge in [-0.25, -0.2) is 0 Å². The second kappa shape index (κ2) is 8.52. The zero-order chi connectivity index (χ0) is 16.6. The molecular formula is C20H24N2O2. The van der Waals surface area contributed by atoms with Gasteiger partial charge in [0, 0.05) is 25.5 Å². The summed E-state index contributed by atoms with van der Waals surface area (Å²) in [6.45, 7) is 2.67. The topological polar surface area (TPSA) is 35.9 Å². The van der Waals surface area contributed by atoms with E-state index in [1.807, 2.05) is 12.1 Å². The Hall–Kier alpha value is -2.30. The lowest BCUT2D eigenvalue weighted by molar-refractivity contribution is 0.0115. The average molecular weight is 324 g/mol. The van der Waals surface area contributed by atoms with Crippen LogP contribution in [0, 0.1) is 0 Å². The first kappa shape index (κ1) is 16.6. The van der Waals surface area contributed by atoms with Crippen molar-refractivity contribution in [1.29, 1.82) is 0 Å². The van der Waals surface area contributed by atoms with E-state index in [0.29, 0.717) is 13.2 Å². The summed E-state index contributed by atoms with van der Waals surface area (Å²) in [5, 5.41) is 8.97. The Balaban J connectivity index is 1.68. The third-order valence-corrected chi connectivity index (χ3v) is 4.13. The molecule has 1 aliphatic rings. The molecule has 0 radical (unpaired) electrons. The van der Waals surface area contributed by atoms with Crippen LogP contribution >= 0.6 is 0 Å². The highest BCUT2D eigenvalue weighted by molar-refractivity contribution is 5.18. The van der Waals surface area contributed by atoms with Crippen molar-refractivity contribution in [3.63, 3.8) is 0 Å². The highest BCUT2D eigenvalue weighted by atomic mass is 16.5. The summed E-state index contributed by atoms with van der Waals surface area (Å²) in [6.07, 6.45) is 4.39. The zero-order valence-corrected chi connectivity index (χ0v) is 13.8. The van der Waals surface area contributed by atoms with Crippen LogP contribution in [0.15, 0.2) is 73.1 Å². The van der Waals surface area contributed by atoms with E-state index in [1.165, 1.54) is 11.1 Å². The summed E-state index contributed by atoms with van der Waals surface area (Å²) in [6, 6.07) is 20.9. The molecule has 4 heteroatoms. The molecule has 0 aliphatic carbocycles. The number of aliphatic hydroxyl groups is 1. The van der Waals surface area contributed by atoms with Crippen LogP contribution in [0.5, 0.6) is 0 Å². The van der Waals surface area contributed by atoms with Crippen molar-refractivity contribution in [3.05, 3.63) is 84.2 Å². The molecule has 0 aromatic heterocycles. The van der Waals surface area contributed by atoms with Crippen LogP contribution in [-0.4, -0.2) is 40.9 Å². The number of hydrogen-bond acceptors (Lipinski definition) is 4. The fraction of sp³-hybridized carbons (Fsp3) is 0.300. The van der Waals surface area contributed by atoms with E-state index in [4.69, 9.17) is 9.84 Å². The quantitative estimate of drug-likeness (QED) is 0.758. The van der Waals surface area contributed by atoms with Gasteiger partial charge in [-0.15, -0.1) is 0 Å². The molecule has 4 nitrogen and oxygen atoms in total. The van der Waals surface area contributed by atoms with Gasteiger partial charge >= 0.3 is 0 Å². The van der Waals surface area contributed by atoms with E-state index in [0.717, 1.165) is 13.1 Å². The number of ether oxygens (including phenoxy) is 1. The van der Waals surface area contributed by atoms with Gasteiger partial charge in [0.15, 0.2) is 0 Å². The summed E-state index contributed by atoms with van der Waals surface area (Å²) >= 11 is 0. The number of rotatable bonds is 8. The van der Waals surface area contributed by atoms with Crippen molar-refractivity contribution in [3.8, 4) is 0 Å². The van der Waals surface area contributed by atoms with E-state index in [2.05, 4.69) is 70.7 Å². The summed E-state index contributed by atoms with van der Waals surface area (Å²) in [4.78, 5) is 4.57. The molecule has 0 saturated carbocycles. The molecule has 2 aromatic carbocycles. The summed E-state index contributed by atoms with van der Waals surface area (Å²) in [7, 11) is 0. The van der Waals surface area contributed by atoms with Gasteiger partial charge in [0.2, 0.25) is 0 Å². The van der Waals surface area contributed by atoms with Gasteiger partial charge in [0.25, 0.3) is 0 Å². The van der Waals surface area contributed by atoms with Crippen molar-refractivity contribution in [2.45, 2.75) is 19.3 Å². The second-order valence-corrected chi connectivity index (χ2v) is 5.89. The van der Waals surface area contributed by atoms with Gasteiger partial charge in [-0.1, -0.05) is 60.7 Å². The number of benzene rings is 2. The normalized spacial score (nSPS) is 14.5. The highest BCUT2D eigenvalue weighted by Crippen LogP contribution is 2.21. The predicted molar refractivity (Wildman–Crippen MR) is 94.8 cm³/mol. The van der Waals surface area contributed by atoms with Crippen molar-refractivity contribution in [2.75, 3.05) is 19.8 Å². The lowest BCUT2D eigenvalue weighted by atomic mass is 10.2. The van der Waals surface area contributed by atoms with Crippen LogP contribution in [-0.2, 0) is 17.8 Å². The molecule has 2 aromatic rings. The molecule has 1 heterocycles. The fourth-order valence-electron chi connectivity index (χ4n) is 2.91. The molecule has 3 rings (SSSR count). The van der Waals surface area contributed by atoms with Gasteiger partial charge in [-0.2, -0.15) is 0 Å². The molecular weight excluding hydrogens is 300 g/mol. The fourth-order valence-corrected chi connectivity index (χ4v) is 2.91. The molecule has 126 valence electrons. The van der Waals surface area contributed by atoms with Crippen molar-refractivity contribution in [1.82, 2.24) is 9.80 Å². The lowest BCUT2D eigenvalue weighted by Crippen LogP contribution is -2.41. The zero-order valence-electron chi connectivity index (χ0n) is 13.8. The number of nitrogens with zero attached hydrogens (tertiary/aromatic N) is 2. The summed E-state index contributed by atoms with van der Waals surface area (Å²) in [5.74, 6) is 0. The Labute approximate surface area is 143 Å². The first-order valence-electron chi connectivity index (χ1n) is 8.33. The SMILES string of the molecule is OCCOCC1N(Cc2ccccc2)C=CN1Cc1ccccc1. The minimum atomic E-state index is 0.0531. The van der Waals surface area contributed by atoms with E-state index in [-0.39, 0.29) is 12.8 Å². The molecule has 0 spiro atoms. The van der Waals surface area contributed by atoms with Crippen LogP contribution in [0.25, 0.3) is 0 Å². The van der Waals surface area contributed by atoms with Gasteiger partial charge in [0.05, 0.1) is 19.8 Å². The number of hydrogen-bond donors (Lipinski definition) is 1. The Morgan fingerprint density at radius 3 is 1.75 bits per heavy atom. The number of aliphatic hydroxyl groups excluding tert-OH is 1. The van der Waals surface area contributed by atoms with Crippen LogP contribution < -0.4 is 0 Å². The first-order chi connectivity index (χ1) is 11.9. The van der Waals surface area contributed by atoms with E-state index < -0.39 is 0 Å². The van der Waals surface area contributed by atoms with Crippen LogP contribution in [0.1, 0.15) is 11.1 Å². The van der Waals surface area contributed by atoms with Gasteiger partial charge in [-0.3, -0.25) is 0 Å². The minimum absolute atomic E-state index is 0.0531. The maximum Gasteiger partial charge on any atom is 0.125 e. The maximum atomic E-state index is 8.97. The third kappa shape index (κ3) is 4.37. The average Bonchev–Trinajstić information content (AvgIpc) is 2.99. The van der Waals surface area contributed by atoms with E-state index >= 15 is 0 Å². The lowest BCUT2D eigenvalue weighted by Gasteiger charge is -2.32. The third-order valence-electron chi connectivity index (χ3n) is 4.13. The molecule has 1 aliphatic heterocycles. The Kier molecular flexibility index (Phi) is 5.88. The summed E-state index contributed by atoms with van der Waals surface area (Å²) < 4.78 is 5.63. The van der Waals surface area contributed by atoms with Crippen LogP contribution in [0.2, 0.25) is 0 Å². The second-order valence-electron chi connectivity index (χ2n) is 5.89. The predicted octanol–water partition coefficient (Wildman–Crippen LogP) is 2.81. The van der Waals surface area contributed by atoms with Crippen LogP contribution in [0.4, 0.5) is 0 Å². The van der Waals surface area contributed by atoms with Gasteiger partial charge < -0.3 is 19.6 Å². The molecule has 24 heavy (non-hydrogen) atoms. The Morgan fingerprint density at radius 2 is 1.29 bits per heavy atom. The maximum absolute atomic E-state index is 8.97. The van der Waals surface area contributed by atoms with Crippen LogP contribution in [0.3, 0.4) is 0 Å². The molecule has 0 saturated heterocycles. The van der Waals surface area contributed by atoms with Crippen molar-refractivity contribution >= 4 is 0 Å². The van der Waals surface area contributed by atoms with Gasteiger partial charge in [-0.05, 0) is 11.1 Å². The van der Waals surface area contributed by atoms with E-state index in [9.17, 15) is 0 Å². The van der Waals surface area contributed by atoms with Gasteiger partial charge in [0.1, 0.15) is 6.17 Å². The largest absolute Gasteiger partial charge is 0.394 e. The standard InChI is InChI=1S/C20H24N2O2/c23-13-14-24-17-20-21(15-18-7-3-1-4-8-18)11-12-22(20)16-19-9-5-2-6-10-19/h1-12,20,23H,13-17H2. The monoisotopic (exact) mass is 324 g/mol. The highest BCUT2D eigenvalue weighted by Gasteiger charge is 2.26. The first-order valence-corrected chi connectivity index (χ1v) is 8.33. The molecule has 0 fully saturated rings.